The zero-order valence-corrected chi connectivity index (χ0v) is 35.7. The summed E-state index contributed by atoms with van der Waals surface area (Å²) < 4.78 is 11.8. The minimum Gasteiger partial charge on any atom is -0.494 e. The maximum atomic E-state index is 14.1. The number of β-amino-alcohol motifs (C(OH)–C–C–N with tert-alkyl or cyclic N) is 1. The van der Waals surface area contributed by atoms with Crippen LogP contribution in [0.5, 0.6) is 5.75 Å². The predicted molar refractivity (Wildman–Crippen MR) is 225 cm³/mol. The first-order chi connectivity index (χ1) is 27.1. The van der Waals surface area contributed by atoms with Crippen molar-refractivity contribution in [2.45, 2.75) is 104 Å². The van der Waals surface area contributed by atoms with E-state index in [1.807, 2.05) is 88.7 Å². The third-order valence-electron chi connectivity index (χ3n) is 10.5. The second-order valence-corrected chi connectivity index (χ2v) is 18.4. The van der Waals surface area contributed by atoms with Gasteiger partial charge in [-0.3, -0.25) is 14.4 Å². The SMILES string of the molecule is Cc1ncsc1-c1ccc([C@H](C)NC(=O)[C@@H]2C[C@@H](O)CN2C(=O)[C@@H](NC(=O)CCCCOc2ccc(-c3csc(N4CCOC(C)(C)C4)n3)cc2)C(C)(C)C)cc1. The number of thiazole rings is 2. The standard InChI is InChI=1S/C43H56N6O6S2/c1-27(29-11-13-31(14-12-29)37-28(2)44-26-57-37)45-39(52)35-22-32(50)23-49(35)40(53)38(42(3,4)5)47-36(51)10-8-9-20-54-33-17-15-30(16-18-33)34-24-56-41(46-34)48-19-21-55-43(6,7)25-48/h11-18,24,26-27,32,35,38,50H,8-10,19-23,25H2,1-7H3,(H,45,52)(H,47,51)/t27-,32+,35-,38+/m0/s1. The number of unbranched alkanes of at least 4 members (excludes halogenated alkanes) is 1. The number of amides is 3. The molecule has 3 N–H and O–H groups in total. The topological polar surface area (TPSA) is 146 Å². The zero-order valence-electron chi connectivity index (χ0n) is 34.0. The van der Waals surface area contributed by atoms with Gasteiger partial charge in [0.25, 0.3) is 0 Å². The van der Waals surface area contributed by atoms with E-state index in [9.17, 15) is 19.5 Å². The summed E-state index contributed by atoms with van der Waals surface area (Å²) in [5.41, 5.74) is 5.90. The third kappa shape index (κ3) is 10.8. The number of carbonyl (C=O) groups is 3. The normalized spacial score (nSPS) is 19.2. The average molecular weight is 817 g/mol. The number of hydrogen-bond acceptors (Lipinski definition) is 11. The Morgan fingerprint density at radius 3 is 2.42 bits per heavy atom. The molecule has 14 heteroatoms. The number of benzene rings is 2. The number of aliphatic hydroxyl groups is 1. The fourth-order valence-corrected chi connectivity index (χ4v) is 8.94. The minimum atomic E-state index is -0.880. The molecule has 2 aromatic heterocycles. The number of hydrogen-bond donors (Lipinski definition) is 3. The highest BCUT2D eigenvalue weighted by Gasteiger charge is 2.44. The summed E-state index contributed by atoms with van der Waals surface area (Å²) >= 11 is 3.22. The Morgan fingerprint density at radius 2 is 1.75 bits per heavy atom. The van der Waals surface area contributed by atoms with Gasteiger partial charge < -0.3 is 35.0 Å². The van der Waals surface area contributed by atoms with E-state index in [-0.39, 0.29) is 48.8 Å². The van der Waals surface area contributed by atoms with Crippen molar-refractivity contribution in [3.8, 4) is 27.4 Å². The van der Waals surface area contributed by atoms with Gasteiger partial charge in [0, 0.05) is 43.4 Å². The molecule has 4 atom stereocenters. The smallest absolute Gasteiger partial charge is 0.246 e. The highest BCUT2D eigenvalue weighted by molar-refractivity contribution is 7.14. The molecule has 6 rings (SSSR count). The van der Waals surface area contributed by atoms with Crippen LogP contribution in [0.2, 0.25) is 0 Å². The fraction of sp³-hybridized carbons (Fsp3) is 0.512. The Hall–Kier alpha value is -4.37. The summed E-state index contributed by atoms with van der Waals surface area (Å²) in [4.78, 5) is 54.9. The lowest BCUT2D eigenvalue weighted by atomic mass is 9.85. The van der Waals surface area contributed by atoms with Gasteiger partial charge in [0.2, 0.25) is 17.7 Å². The fourth-order valence-electron chi connectivity index (χ4n) is 7.27. The summed E-state index contributed by atoms with van der Waals surface area (Å²) in [5.74, 6) is -0.223. The van der Waals surface area contributed by atoms with Gasteiger partial charge in [-0.05, 0) is 81.3 Å². The molecule has 4 aromatic rings. The summed E-state index contributed by atoms with van der Waals surface area (Å²) in [6.07, 6.45) is 0.732. The molecular formula is C43H56N6O6S2. The van der Waals surface area contributed by atoms with Gasteiger partial charge in [-0.2, -0.15) is 0 Å². The first-order valence-corrected chi connectivity index (χ1v) is 21.5. The van der Waals surface area contributed by atoms with E-state index in [2.05, 4.69) is 39.7 Å². The van der Waals surface area contributed by atoms with E-state index < -0.39 is 23.6 Å². The Kier molecular flexibility index (Phi) is 13.4. The Labute approximate surface area is 344 Å². The third-order valence-corrected chi connectivity index (χ3v) is 12.3. The van der Waals surface area contributed by atoms with Crippen LogP contribution in [-0.2, 0) is 19.1 Å². The maximum Gasteiger partial charge on any atom is 0.246 e. The number of aryl methyl sites for hydroxylation is 1. The molecule has 12 nitrogen and oxygen atoms in total. The molecule has 0 unspecified atom stereocenters. The molecule has 2 aliphatic heterocycles. The van der Waals surface area contributed by atoms with Gasteiger partial charge >= 0.3 is 0 Å². The van der Waals surface area contributed by atoms with E-state index in [1.54, 1.807) is 22.7 Å². The second-order valence-electron chi connectivity index (χ2n) is 16.8. The summed E-state index contributed by atoms with van der Waals surface area (Å²) in [5, 5.41) is 19.7. The van der Waals surface area contributed by atoms with Gasteiger partial charge in [0.05, 0.1) is 52.7 Å². The number of morpholine rings is 1. The van der Waals surface area contributed by atoms with Crippen LogP contribution in [0.4, 0.5) is 5.13 Å². The van der Waals surface area contributed by atoms with Gasteiger partial charge in [-0.15, -0.1) is 22.7 Å². The van der Waals surface area contributed by atoms with Crippen molar-refractivity contribution in [1.29, 1.82) is 0 Å². The summed E-state index contributed by atoms with van der Waals surface area (Å²) in [6.45, 7) is 16.5. The van der Waals surface area contributed by atoms with Gasteiger partial charge in [0.1, 0.15) is 17.8 Å². The van der Waals surface area contributed by atoms with E-state index in [0.717, 1.165) is 56.9 Å². The van der Waals surface area contributed by atoms with Crippen molar-refractivity contribution < 1.29 is 29.0 Å². The number of anilines is 1. The van der Waals surface area contributed by atoms with Crippen molar-refractivity contribution in [2.24, 2.45) is 5.41 Å². The number of aromatic nitrogens is 2. The maximum absolute atomic E-state index is 14.1. The van der Waals surface area contributed by atoms with E-state index in [0.29, 0.717) is 26.1 Å². The molecule has 2 aliphatic rings. The van der Waals surface area contributed by atoms with E-state index >= 15 is 0 Å². The van der Waals surface area contributed by atoms with Crippen LogP contribution in [-0.4, -0.2) is 94.3 Å². The quantitative estimate of drug-likeness (QED) is 0.117. The van der Waals surface area contributed by atoms with Crippen molar-refractivity contribution in [3.63, 3.8) is 0 Å². The zero-order chi connectivity index (χ0) is 40.9. The highest BCUT2D eigenvalue weighted by atomic mass is 32.1. The first kappa shape index (κ1) is 42.2. The number of rotatable bonds is 14. The molecular weight excluding hydrogens is 761 g/mol. The van der Waals surface area contributed by atoms with Crippen LogP contribution in [0.15, 0.2) is 59.4 Å². The number of ether oxygens (including phenoxy) is 2. The monoisotopic (exact) mass is 816 g/mol. The van der Waals surface area contributed by atoms with Crippen LogP contribution >= 0.6 is 22.7 Å². The van der Waals surface area contributed by atoms with Crippen LogP contribution in [0.3, 0.4) is 0 Å². The number of aliphatic hydroxyl groups excluding tert-OH is 1. The highest BCUT2D eigenvalue weighted by Crippen LogP contribution is 2.32. The first-order valence-electron chi connectivity index (χ1n) is 19.7. The number of likely N-dealkylation sites (tertiary alicyclic amines) is 1. The van der Waals surface area contributed by atoms with Gasteiger partial charge in [0.15, 0.2) is 5.13 Å². The van der Waals surface area contributed by atoms with Crippen molar-refractivity contribution in [1.82, 2.24) is 25.5 Å². The summed E-state index contributed by atoms with van der Waals surface area (Å²) in [7, 11) is 0. The van der Waals surface area contributed by atoms with Crippen LogP contribution in [0.25, 0.3) is 21.7 Å². The molecule has 2 saturated heterocycles. The number of nitrogens with one attached hydrogen (secondary N) is 2. The van der Waals surface area contributed by atoms with E-state index in [4.69, 9.17) is 14.5 Å². The molecule has 0 spiro atoms. The molecule has 4 heterocycles. The molecule has 57 heavy (non-hydrogen) atoms. The van der Waals surface area contributed by atoms with Gasteiger partial charge in [-0.1, -0.05) is 45.0 Å². The van der Waals surface area contributed by atoms with Gasteiger partial charge in [-0.25, -0.2) is 9.97 Å². The predicted octanol–water partition coefficient (Wildman–Crippen LogP) is 6.78. The molecule has 306 valence electrons. The average Bonchev–Trinajstić information content (AvgIpc) is 3.93. The lowest BCUT2D eigenvalue weighted by Gasteiger charge is -2.37. The van der Waals surface area contributed by atoms with Crippen molar-refractivity contribution in [2.75, 3.05) is 37.7 Å². The molecule has 2 aromatic carbocycles. The van der Waals surface area contributed by atoms with Crippen LogP contribution in [0.1, 0.15) is 84.5 Å². The number of nitrogens with zero attached hydrogens (tertiary/aromatic N) is 4. The van der Waals surface area contributed by atoms with Crippen LogP contribution < -0.4 is 20.3 Å². The minimum absolute atomic E-state index is 0.0205. The van der Waals surface area contributed by atoms with E-state index in [1.165, 1.54) is 4.90 Å². The Morgan fingerprint density at radius 1 is 1.04 bits per heavy atom. The molecule has 0 aliphatic carbocycles. The lowest BCUT2D eigenvalue weighted by Crippen LogP contribution is -2.57. The summed E-state index contributed by atoms with van der Waals surface area (Å²) in [6, 6.07) is 13.8. The molecule has 0 saturated carbocycles. The molecule has 0 bridgehead atoms. The number of carbonyl (C=O) groups excluding carboxylic acids is 3. The van der Waals surface area contributed by atoms with Crippen molar-refractivity contribution in [3.05, 3.63) is 70.7 Å². The largest absolute Gasteiger partial charge is 0.494 e. The lowest BCUT2D eigenvalue weighted by molar-refractivity contribution is -0.144. The molecule has 0 radical (unpaired) electrons. The molecule has 2 fully saturated rings. The molecule has 3 amide bonds. The second kappa shape index (κ2) is 18.0. The Balaban J connectivity index is 0.961. The van der Waals surface area contributed by atoms with Crippen molar-refractivity contribution >= 4 is 45.5 Å². The Bertz CT molecular complexity index is 1990. The van der Waals surface area contributed by atoms with Crippen LogP contribution in [0, 0.1) is 12.3 Å².